The molecule has 0 bridgehead atoms. The van der Waals surface area contributed by atoms with Crippen LogP contribution in [0, 0.1) is 0 Å². The van der Waals surface area contributed by atoms with Gasteiger partial charge in [0, 0.05) is 11.8 Å². The summed E-state index contributed by atoms with van der Waals surface area (Å²) in [6.45, 7) is 5.35. The van der Waals surface area contributed by atoms with Crippen LogP contribution in [0.3, 0.4) is 0 Å². The predicted octanol–water partition coefficient (Wildman–Crippen LogP) is 2.71. The third-order valence-corrected chi connectivity index (χ3v) is 2.62. The van der Waals surface area contributed by atoms with Gasteiger partial charge in [0.05, 0.1) is 0 Å². The molecule has 0 fully saturated rings. The molecule has 0 atom stereocenters. The summed E-state index contributed by atoms with van der Waals surface area (Å²) in [4.78, 5) is 30.4. The number of carbonyl (C=O) groups is 2. The van der Waals surface area contributed by atoms with Gasteiger partial charge in [-0.2, -0.15) is 0 Å². The molecular formula is C16H18N4O4. The lowest BCUT2D eigenvalue weighted by molar-refractivity contribution is 0.0635. The van der Waals surface area contributed by atoms with Crippen LogP contribution in [0.5, 0.6) is 11.6 Å². The Bertz CT molecular complexity index is 738. The lowest BCUT2D eigenvalue weighted by Gasteiger charge is -2.19. The first-order chi connectivity index (χ1) is 11.2. The summed E-state index contributed by atoms with van der Waals surface area (Å²) in [5, 5.41) is 2.61. The Kier molecular flexibility index (Phi) is 4.98. The fourth-order valence-corrected chi connectivity index (χ4v) is 1.68. The maximum absolute atomic E-state index is 11.7. The Morgan fingerprint density at radius 2 is 1.79 bits per heavy atom. The molecule has 2 rings (SSSR count). The number of ether oxygens (including phenoxy) is 2. The molecule has 0 saturated heterocycles. The summed E-state index contributed by atoms with van der Waals surface area (Å²) in [5.41, 5.74) is 5.19. The molecule has 2 aromatic rings. The first-order valence-corrected chi connectivity index (χ1v) is 7.13. The van der Waals surface area contributed by atoms with Gasteiger partial charge in [0.2, 0.25) is 5.88 Å². The summed E-state index contributed by atoms with van der Waals surface area (Å²) >= 11 is 0. The molecular weight excluding hydrogens is 312 g/mol. The van der Waals surface area contributed by atoms with Gasteiger partial charge in [0.25, 0.3) is 5.91 Å². The maximum atomic E-state index is 11.7. The minimum absolute atomic E-state index is 0.0585. The summed E-state index contributed by atoms with van der Waals surface area (Å²) in [6.07, 6.45) is 0.645. The monoisotopic (exact) mass is 330 g/mol. The minimum atomic E-state index is -0.667. The molecule has 8 nitrogen and oxygen atoms in total. The Labute approximate surface area is 139 Å². The van der Waals surface area contributed by atoms with E-state index in [1.807, 2.05) is 0 Å². The second kappa shape index (κ2) is 6.95. The van der Waals surface area contributed by atoms with Gasteiger partial charge in [-0.15, -0.1) is 0 Å². The number of hydrogen-bond donors (Lipinski definition) is 2. The predicted molar refractivity (Wildman–Crippen MR) is 86.9 cm³/mol. The van der Waals surface area contributed by atoms with Crippen LogP contribution in [0.15, 0.2) is 36.7 Å². The van der Waals surface area contributed by atoms with Crippen LogP contribution in [-0.4, -0.2) is 27.6 Å². The summed E-state index contributed by atoms with van der Waals surface area (Å²) < 4.78 is 10.7. The highest BCUT2D eigenvalue weighted by Crippen LogP contribution is 2.22. The van der Waals surface area contributed by atoms with E-state index in [2.05, 4.69) is 15.3 Å². The van der Waals surface area contributed by atoms with Gasteiger partial charge in [0.15, 0.2) is 0 Å². The molecule has 1 heterocycles. The molecule has 0 saturated carbocycles. The molecule has 126 valence electrons. The summed E-state index contributed by atoms with van der Waals surface area (Å²) in [5.74, 6) is -0.00957. The van der Waals surface area contributed by atoms with Crippen molar-refractivity contribution in [3.8, 4) is 11.6 Å². The number of hydrogen-bond acceptors (Lipinski definition) is 6. The normalized spacial score (nSPS) is 10.8. The smallest absolute Gasteiger partial charge is 0.412 e. The SMILES string of the molecule is CC(C)(C)OC(=O)Nc1ccc(Oc2cc(C(N)=O)ncn2)cc1. The number of benzene rings is 1. The number of anilines is 1. The van der Waals surface area contributed by atoms with Gasteiger partial charge in [-0.25, -0.2) is 14.8 Å². The standard InChI is InChI=1S/C16H18N4O4/c1-16(2,3)24-15(22)20-10-4-6-11(7-5-10)23-13-8-12(14(17)21)18-9-19-13/h4-9H,1-3H3,(H2,17,21)(H,20,22). The van der Waals surface area contributed by atoms with E-state index in [0.29, 0.717) is 11.4 Å². The van der Waals surface area contributed by atoms with Crippen molar-refractivity contribution in [2.45, 2.75) is 26.4 Å². The van der Waals surface area contributed by atoms with Crippen molar-refractivity contribution in [2.75, 3.05) is 5.32 Å². The molecule has 1 aromatic carbocycles. The van der Waals surface area contributed by atoms with Crippen LogP contribution in [0.4, 0.5) is 10.5 Å². The van der Waals surface area contributed by atoms with E-state index in [0.717, 1.165) is 0 Å². The first-order valence-electron chi connectivity index (χ1n) is 7.13. The van der Waals surface area contributed by atoms with E-state index in [1.54, 1.807) is 45.0 Å². The van der Waals surface area contributed by atoms with E-state index < -0.39 is 17.6 Å². The molecule has 24 heavy (non-hydrogen) atoms. The first kappa shape index (κ1) is 17.2. The van der Waals surface area contributed by atoms with E-state index >= 15 is 0 Å². The maximum Gasteiger partial charge on any atom is 0.412 e. The van der Waals surface area contributed by atoms with Gasteiger partial charge in [-0.05, 0) is 45.0 Å². The van der Waals surface area contributed by atoms with Crippen LogP contribution in [0.25, 0.3) is 0 Å². The van der Waals surface area contributed by atoms with Crippen LogP contribution < -0.4 is 15.8 Å². The Morgan fingerprint density at radius 3 is 2.38 bits per heavy atom. The molecule has 1 aromatic heterocycles. The molecule has 0 aliphatic heterocycles. The van der Waals surface area contributed by atoms with Crippen LogP contribution in [-0.2, 0) is 4.74 Å². The summed E-state index contributed by atoms with van der Waals surface area (Å²) in [7, 11) is 0. The number of nitrogens with one attached hydrogen (secondary N) is 1. The Morgan fingerprint density at radius 1 is 1.12 bits per heavy atom. The molecule has 0 radical (unpaired) electrons. The van der Waals surface area contributed by atoms with Gasteiger partial charge in [0.1, 0.15) is 23.4 Å². The second-order valence-corrected chi connectivity index (χ2v) is 5.86. The molecule has 0 aliphatic rings. The van der Waals surface area contributed by atoms with Crippen molar-refractivity contribution >= 4 is 17.7 Å². The highest BCUT2D eigenvalue weighted by molar-refractivity contribution is 5.90. The van der Waals surface area contributed by atoms with E-state index in [9.17, 15) is 9.59 Å². The number of amides is 2. The van der Waals surface area contributed by atoms with Crippen LogP contribution in [0.1, 0.15) is 31.3 Å². The third-order valence-electron chi connectivity index (χ3n) is 2.62. The average molecular weight is 330 g/mol. The fourth-order valence-electron chi connectivity index (χ4n) is 1.68. The molecule has 3 N–H and O–H groups in total. The van der Waals surface area contributed by atoms with Gasteiger partial charge < -0.3 is 15.2 Å². The lowest BCUT2D eigenvalue weighted by atomic mass is 10.2. The fraction of sp³-hybridized carbons (Fsp3) is 0.250. The third kappa shape index (κ3) is 5.24. The quantitative estimate of drug-likeness (QED) is 0.890. The molecule has 0 aliphatic carbocycles. The number of primary amides is 1. The van der Waals surface area contributed by atoms with Crippen molar-refractivity contribution < 1.29 is 19.1 Å². The summed E-state index contributed by atoms with van der Waals surface area (Å²) in [6, 6.07) is 7.91. The number of carbonyl (C=O) groups excluding carboxylic acids is 2. The molecule has 0 unspecified atom stereocenters. The molecule has 2 amide bonds. The van der Waals surface area contributed by atoms with Gasteiger partial charge in [-0.1, -0.05) is 0 Å². The van der Waals surface area contributed by atoms with Crippen molar-refractivity contribution in [1.29, 1.82) is 0 Å². The molecule has 8 heteroatoms. The second-order valence-electron chi connectivity index (χ2n) is 5.86. The highest BCUT2D eigenvalue weighted by atomic mass is 16.6. The topological polar surface area (TPSA) is 116 Å². The van der Waals surface area contributed by atoms with Crippen molar-refractivity contribution in [1.82, 2.24) is 9.97 Å². The zero-order valence-corrected chi connectivity index (χ0v) is 13.6. The van der Waals surface area contributed by atoms with Crippen LogP contribution in [0.2, 0.25) is 0 Å². The minimum Gasteiger partial charge on any atom is -0.444 e. The van der Waals surface area contributed by atoms with Crippen molar-refractivity contribution in [2.24, 2.45) is 5.73 Å². The van der Waals surface area contributed by atoms with Gasteiger partial charge >= 0.3 is 6.09 Å². The number of aromatic nitrogens is 2. The van der Waals surface area contributed by atoms with Crippen LogP contribution >= 0.6 is 0 Å². The Balaban J connectivity index is 2.01. The van der Waals surface area contributed by atoms with Crippen molar-refractivity contribution in [3.05, 3.63) is 42.4 Å². The zero-order valence-electron chi connectivity index (χ0n) is 13.6. The lowest BCUT2D eigenvalue weighted by Crippen LogP contribution is -2.27. The molecule has 0 spiro atoms. The van der Waals surface area contributed by atoms with Crippen molar-refractivity contribution in [3.63, 3.8) is 0 Å². The zero-order chi connectivity index (χ0) is 17.7. The van der Waals surface area contributed by atoms with Gasteiger partial charge in [-0.3, -0.25) is 10.1 Å². The number of rotatable bonds is 4. The average Bonchev–Trinajstić information content (AvgIpc) is 2.47. The van der Waals surface area contributed by atoms with E-state index in [1.165, 1.54) is 12.4 Å². The Hall–Kier alpha value is -3.16. The van der Waals surface area contributed by atoms with E-state index in [-0.39, 0.29) is 11.6 Å². The highest BCUT2D eigenvalue weighted by Gasteiger charge is 2.16. The number of nitrogens with two attached hydrogens (primary N) is 1. The number of nitrogens with zero attached hydrogens (tertiary/aromatic N) is 2. The largest absolute Gasteiger partial charge is 0.444 e. The van der Waals surface area contributed by atoms with E-state index in [4.69, 9.17) is 15.2 Å².